The Morgan fingerprint density at radius 2 is 2.05 bits per heavy atom. The molecule has 0 bridgehead atoms. The Balaban J connectivity index is 2.15. The van der Waals surface area contributed by atoms with Crippen LogP contribution in [0.3, 0.4) is 0 Å². The molecule has 21 heavy (non-hydrogen) atoms. The van der Waals surface area contributed by atoms with E-state index in [1.54, 1.807) is 19.2 Å². The Labute approximate surface area is 122 Å². The van der Waals surface area contributed by atoms with Gasteiger partial charge in [-0.05, 0) is 25.1 Å². The van der Waals surface area contributed by atoms with Gasteiger partial charge in [-0.1, -0.05) is 0 Å². The van der Waals surface area contributed by atoms with E-state index >= 15 is 0 Å². The molecule has 0 spiro atoms. The fraction of sp³-hybridized carbons (Fsp3) is 0.200. The number of benzene rings is 1. The van der Waals surface area contributed by atoms with Gasteiger partial charge in [-0.3, -0.25) is 4.98 Å². The van der Waals surface area contributed by atoms with Crippen molar-refractivity contribution in [2.75, 3.05) is 12.8 Å². The van der Waals surface area contributed by atoms with E-state index in [1.165, 1.54) is 12.1 Å². The molecule has 0 amide bonds. The molecule has 3 N–H and O–H groups in total. The van der Waals surface area contributed by atoms with Crippen molar-refractivity contribution in [2.24, 2.45) is 0 Å². The second-order valence-corrected chi connectivity index (χ2v) is 4.48. The third kappa shape index (κ3) is 3.62. The van der Waals surface area contributed by atoms with Gasteiger partial charge in [0.15, 0.2) is 0 Å². The van der Waals surface area contributed by atoms with Crippen LogP contribution >= 0.6 is 0 Å². The zero-order valence-electron chi connectivity index (χ0n) is 11.8. The Kier molecular flexibility index (Phi) is 4.27. The number of rotatable bonds is 5. The number of aromatic carboxylic acids is 1. The van der Waals surface area contributed by atoms with Gasteiger partial charge < -0.3 is 20.3 Å². The van der Waals surface area contributed by atoms with Gasteiger partial charge in [0.1, 0.15) is 18.1 Å². The van der Waals surface area contributed by atoms with Gasteiger partial charge in [0.2, 0.25) is 0 Å². The number of methoxy groups -OCH3 is 1. The second kappa shape index (κ2) is 6.13. The highest BCUT2D eigenvalue weighted by Crippen LogP contribution is 2.21. The van der Waals surface area contributed by atoms with Crippen LogP contribution in [0.25, 0.3) is 0 Å². The van der Waals surface area contributed by atoms with Crippen molar-refractivity contribution in [3.05, 3.63) is 47.3 Å². The first-order chi connectivity index (χ1) is 9.99. The van der Waals surface area contributed by atoms with Gasteiger partial charge in [-0.25, -0.2) is 4.79 Å². The lowest BCUT2D eigenvalue weighted by molar-refractivity contribution is 0.0697. The van der Waals surface area contributed by atoms with Gasteiger partial charge in [0.05, 0.1) is 18.4 Å². The lowest BCUT2D eigenvalue weighted by Gasteiger charge is -2.09. The maximum absolute atomic E-state index is 11.0. The molecule has 1 heterocycles. The summed E-state index contributed by atoms with van der Waals surface area (Å²) in [6, 6.07) is 8.10. The number of aromatic nitrogens is 1. The molecule has 1 aromatic carbocycles. The second-order valence-electron chi connectivity index (χ2n) is 4.48. The minimum absolute atomic E-state index is 0.0160. The van der Waals surface area contributed by atoms with Gasteiger partial charge in [-0.2, -0.15) is 0 Å². The summed E-state index contributed by atoms with van der Waals surface area (Å²) < 4.78 is 10.7. The predicted molar refractivity (Wildman–Crippen MR) is 77.7 cm³/mol. The number of nitrogens with zero attached hydrogens (tertiary/aromatic N) is 1. The fourth-order valence-electron chi connectivity index (χ4n) is 1.86. The minimum atomic E-state index is -1.09. The number of pyridine rings is 1. The lowest BCUT2D eigenvalue weighted by atomic mass is 10.2. The smallest absolute Gasteiger partial charge is 0.337 e. The topological polar surface area (TPSA) is 94.7 Å². The molecule has 0 unspecified atom stereocenters. The average Bonchev–Trinajstić information content (AvgIpc) is 2.45. The molecule has 6 heteroatoms. The van der Waals surface area contributed by atoms with Gasteiger partial charge in [0.25, 0.3) is 0 Å². The van der Waals surface area contributed by atoms with Gasteiger partial charge in [0, 0.05) is 23.5 Å². The number of carbonyl (C=O) groups is 1. The van der Waals surface area contributed by atoms with E-state index in [9.17, 15) is 4.79 Å². The van der Waals surface area contributed by atoms with Crippen LogP contribution in [0, 0.1) is 6.92 Å². The summed E-state index contributed by atoms with van der Waals surface area (Å²) in [6.45, 7) is 2.07. The van der Waals surface area contributed by atoms with Crippen molar-refractivity contribution in [1.82, 2.24) is 4.98 Å². The first kappa shape index (κ1) is 14.6. The maximum atomic E-state index is 11.0. The van der Waals surface area contributed by atoms with Crippen molar-refractivity contribution in [1.29, 1.82) is 0 Å². The monoisotopic (exact) mass is 288 g/mol. The van der Waals surface area contributed by atoms with Gasteiger partial charge >= 0.3 is 5.97 Å². The lowest BCUT2D eigenvalue weighted by Crippen LogP contribution is -2.04. The van der Waals surface area contributed by atoms with Crippen LogP contribution in [0.2, 0.25) is 0 Å². The summed E-state index contributed by atoms with van der Waals surface area (Å²) in [5, 5.41) is 9.02. The molecule has 0 atom stereocenters. The Morgan fingerprint density at radius 3 is 2.71 bits per heavy atom. The third-order valence-corrected chi connectivity index (χ3v) is 2.86. The number of nitrogens with two attached hydrogens (primary N) is 1. The Bertz CT molecular complexity index is 671. The van der Waals surface area contributed by atoms with Crippen LogP contribution in [0.4, 0.5) is 5.69 Å². The number of aryl methyl sites for hydroxylation is 1. The van der Waals surface area contributed by atoms with Crippen LogP contribution in [-0.2, 0) is 6.61 Å². The highest BCUT2D eigenvalue weighted by atomic mass is 16.5. The summed E-state index contributed by atoms with van der Waals surface area (Å²) in [4.78, 5) is 15.3. The number of nitrogen functional groups attached to an aromatic ring is 1. The summed E-state index contributed by atoms with van der Waals surface area (Å²) in [5.41, 5.74) is 7.32. The molecule has 6 nitrogen and oxygen atoms in total. The number of carboxylic acid groups (broad SMARTS) is 1. The largest absolute Gasteiger partial charge is 0.497 e. The Hall–Kier alpha value is -2.76. The molecule has 0 aliphatic carbocycles. The number of hydrogen-bond acceptors (Lipinski definition) is 5. The highest BCUT2D eigenvalue weighted by molar-refractivity contribution is 5.94. The molecule has 0 fully saturated rings. The van der Waals surface area contributed by atoms with Crippen LogP contribution in [0.5, 0.6) is 11.5 Å². The number of hydrogen-bond donors (Lipinski definition) is 2. The summed E-state index contributed by atoms with van der Waals surface area (Å²) in [6.07, 6.45) is 0. The molecular weight excluding hydrogens is 272 g/mol. The van der Waals surface area contributed by atoms with E-state index in [0.717, 1.165) is 5.69 Å². The summed E-state index contributed by atoms with van der Waals surface area (Å²) >= 11 is 0. The zero-order chi connectivity index (χ0) is 15.4. The standard InChI is InChI=1S/C15H16N2O4/c1-9-5-12(20-2)6-10(17-9)8-21-11-3-4-14(16)13(7-11)15(18)19/h3-7H,8,16H2,1-2H3,(H,18,19). The first-order valence-electron chi connectivity index (χ1n) is 6.27. The summed E-state index contributed by atoms with van der Waals surface area (Å²) in [7, 11) is 1.58. The molecule has 0 aliphatic rings. The molecule has 0 saturated carbocycles. The molecule has 0 aliphatic heterocycles. The van der Waals surface area contributed by atoms with E-state index < -0.39 is 5.97 Å². The SMILES string of the molecule is COc1cc(C)nc(COc2ccc(N)c(C(=O)O)c2)c1. The van der Waals surface area contributed by atoms with E-state index in [2.05, 4.69) is 4.98 Å². The summed E-state index contributed by atoms with van der Waals surface area (Å²) in [5.74, 6) is 0.0294. The van der Waals surface area contributed by atoms with Crippen molar-refractivity contribution in [3.8, 4) is 11.5 Å². The molecule has 0 radical (unpaired) electrons. The molecule has 1 aromatic heterocycles. The van der Waals surface area contributed by atoms with E-state index in [4.69, 9.17) is 20.3 Å². The van der Waals surface area contributed by atoms with E-state index in [-0.39, 0.29) is 17.9 Å². The van der Waals surface area contributed by atoms with Crippen LogP contribution in [0.1, 0.15) is 21.7 Å². The minimum Gasteiger partial charge on any atom is -0.497 e. The van der Waals surface area contributed by atoms with Crippen molar-refractivity contribution in [2.45, 2.75) is 13.5 Å². The molecule has 2 rings (SSSR count). The van der Waals surface area contributed by atoms with E-state index in [0.29, 0.717) is 17.2 Å². The van der Waals surface area contributed by atoms with Crippen molar-refractivity contribution < 1.29 is 19.4 Å². The number of carboxylic acids is 1. The third-order valence-electron chi connectivity index (χ3n) is 2.86. The number of ether oxygens (including phenoxy) is 2. The quantitative estimate of drug-likeness (QED) is 0.819. The molecule has 0 saturated heterocycles. The molecular formula is C15H16N2O4. The van der Waals surface area contributed by atoms with Crippen molar-refractivity contribution in [3.63, 3.8) is 0 Å². The average molecular weight is 288 g/mol. The molecule has 110 valence electrons. The van der Waals surface area contributed by atoms with Crippen LogP contribution in [0.15, 0.2) is 30.3 Å². The maximum Gasteiger partial charge on any atom is 0.337 e. The normalized spacial score (nSPS) is 10.2. The zero-order valence-corrected chi connectivity index (χ0v) is 11.8. The first-order valence-corrected chi connectivity index (χ1v) is 6.27. The van der Waals surface area contributed by atoms with Crippen molar-refractivity contribution >= 4 is 11.7 Å². The highest BCUT2D eigenvalue weighted by Gasteiger charge is 2.09. The van der Waals surface area contributed by atoms with E-state index in [1.807, 2.05) is 13.0 Å². The predicted octanol–water partition coefficient (Wildman–Crippen LogP) is 2.26. The Morgan fingerprint density at radius 1 is 1.29 bits per heavy atom. The number of anilines is 1. The molecule has 2 aromatic rings. The fourth-order valence-corrected chi connectivity index (χ4v) is 1.86. The van der Waals surface area contributed by atoms with Crippen LogP contribution < -0.4 is 15.2 Å². The van der Waals surface area contributed by atoms with Crippen LogP contribution in [-0.4, -0.2) is 23.2 Å². The van der Waals surface area contributed by atoms with Gasteiger partial charge in [-0.15, -0.1) is 0 Å².